The summed E-state index contributed by atoms with van der Waals surface area (Å²) in [5.41, 5.74) is 2.13. The number of hydrogen-bond donors (Lipinski definition) is 1. The first-order valence-corrected chi connectivity index (χ1v) is 6.72. The summed E-state index contributed by atoms with van der Waals surface area (Å²) >= 11 is 0. The van der Waals surface area contributed by atoms with Crippen molar-refractivity contribution in [2.45, 2.75) is 6.92 Å². The van der Waals surface area contributed by atoms with E-state index in [0.29, 0.717) is 0 Å². The van der Waals surface area contributed by atoms with E-state index in [1.165, 1.54) is 10.8 Å². The van der Waals surface area contributed by atoms with Gasteiger partial charge in [-0.25, -0.2) is 0 Å². The molecule has 1 N–H and O–H groups in total. The molecule has 0 unspecified atom stereocenters. The summed E-state index contributed by atoms with van der Waals surface area (Å²) in [6, 6.07) is 14.6. The van der Waals surface area contributed by atoms with E-state index in [0.717, 1.165) is 11.4 Å². The molecule has 0 saturated heterocycles. The second-order valence-corrected chi connectivity index (χ2v) is 4.39. The van der Waals surface area contributed by atoms with Gasteiger partial charge in [-0.3, -0.25) is 0 Å². The molecule has 2 rings (SSSR count). The van der Waals surface area contributed by atoms with E-state index < -0.39 is 0 Å². The van der Waals surface area contributed by atoms with Crippen molar-refractivity contribution in [3.63, 3.8) is 0 Å². The first kappa shape index (κ1) is 13.9. The summed E-state index contributed by atoms with van der Waals surface area (Å²) in [5, 5.41) is 5.92. The second-order valence-electron chi connectivity index (χ2n) is 4.39. The Labute approximate surface area is 120 Å². The Hall–Kier alpha value is -2.54. The highest BCUT2D eigenvalue weighted by molar-refractivity contribution is 5.94. The Morgan fingerprint density at radius 2 is 1.85 bits per heavy atom. The molecule has 100 valence electrons. The fourth-order valence-corrected chi connectivity index (χ4v) is 2.00. The maximum absolute atomic E-state index is 3.71. The van der Waals surface area contributed by atoms with Gasteiger partial charge in [0.05, 0.1) is 0 Å². The molecule has 2 aromatic carbocycles. The zero-order valence-corrected chi connectivity index (χ0v) is 11.7. The van der Waals surface area contributed by atoms with Gasteiger partial charge < -0.3 is 5.32 Å². The van der Waals surface area contributed by atoms with E-state index in [-0.39, 0.29) is 0 Å². The molecule has 0 atom stereocenters. The zero-order chi connectivity index (χ0) is 14.2. The second kappa shape index (κ2) is 7.15. The van der Waals surface area contributed by atoms with Crippen molar-refractivity contribution in [1.29, 1.82) is 0 Å². The summed E-state index contributed by atoms with van der Waals surface area (Å²) in [5.74, 6) is 0. The lowest BCUT2D eigenvalue weighted by Gasteiger charge is -2.10. The van der Waals surface area contributed by atoms with Crippen LogP contribution >= 0.6 is 0 Å². The Morgan fingerprint density at radius 1 is 1.05 bits per heavy atom. The number of benzene rings is 2. The van der Waals surface area contributed by atoms with Gasteiger partial charge in [0, 0.05) is 16.8 Å². The van der Waals surface area contributed by atoms with Crippen LogP contribution in [0.1, 0.15) is 6.92 Å². The van der Waals surface area contributed by atoms with E-state index in [2.05, 4.69) is 54.4 Å². The van der Waals surface area contributed by atoms with Gasteiger partial charge in [0.1, 0.15) is 0 Å². The lowest BCUT2D eigenvalue weighted by Crippen LogP contribution is -1.97. The predicted octanol–water partition coefficient (Wildman–Crippen LogP) is 5.45. The van der Waals surface area contributed by atoms with E-state index >= 15 is 0 Å². The van der Waals surface area contributed by atoms with Gasteiger partial charge in [-0.2, -0.15) is 0 Å². The molecule has 0 aromatic heterocycles. The van der Waals surface area contributed by atoms with Gasteiger partial charge in [-0.1, -0.05) is 67.3 Å². The highest BCUT2D eigenvalue weighted by Crippen LogP contribution is 2.24. The van der Waals surface area contributed by atoms with Crippen molar-refractivity contribution < 1.29 is 0 Å². The third-order valence-electron chi connectivity index (χ3n) is 2.95. The minimum Gasteiger partial charge on any atom is -0.355 e. The lowest BCUT2D eigenvalue weighted by atomic mass is 10.1. The molecule has 0 aliphatic heterocycles. The first-order chi connectivity index (χ1) is 9.85. The predicted molar refractivity (Wildman–Crippen MR) is 89.8 cm³/mol. The summed E-state index contributed by atoms with van der Waals surface area (Å²) in [6.07, 6.45) is 11.8. The summed E-state index contributed by atoms with van der Waals surface area (Å²) in [7, 11) is 0. The van der Waals surface area contributed by atoms with Crippen molar-refractivity contribution in [3.05, 3.63) is 91.2 Å². The van der Waals surface area contributed by atoms with Gasteiger partial charge >= 0.3 is 0 Å². The molecule has 1 nitrogen and oxygen atoms in total. The van der Waals surface area contributed by atoms with E-state index in [4.69, 9.17) is 0 Å². The van der Waals surface area contributed by atoms with Crippen LogP contribution in [-0.4, -0.2) is 0 Å². The van der Waals surface area contributed by atoms with Crippen LogP contribution in [0.15, 0.2) is 91.2 Å². The number of fused-ring (bicyclic) bond motifs is 1. The molecule has 1 heteroatoms. The summed E-state index contributed by atoms with van der Waals surface area (Å²) < 4.78 is 0. The van der Waals surface area contributed by atoms with Crippen molar-refractivity contribution >= 4 is 16.5 Å². The van der Waals surface area contributed by atoms with E-state index in [1.54, 1.807) is 6.08 Å². The molecular weight excluding hydrogens is 242 g/mol. The fourth-order valence-electron chi connectivity index (χ4n) is 2.00. The van der Waals surface area contributed by atoms with Crippen molar-refractivity contribution in [2.75, 3.05) is 5.32 Å². The Kier molecular flexibility index (Phi) is 4.96. The highest BCUT2D eigenvalue weighted by atomic mass is 14.9. The molecule has 0 spiro atoms. The molecule has 0 fully saturated rings. The minimum atomic E-state index is 1.03. The number of rotatable bonds is 5. The smallest absolute Gasteiger partial charge is 0.0463 e. The van der Waals surface area contributed by atoms with Crippen LogP contribution in [0.25, 0.3) is 10.8 Å². The quantitative estimate of drug-likeness (QED) is 0.705. The van der Waals surface area contributed by atoms with Crippen LogP contribution in [0.2, 0.25) is 0 Å². The molecule has 20 heavy (non-hydrogen) atoms. The van der Waals surface area contributed by atoms with Crippen molar-refractivity contribution in [1.82, 2.24) is 0 Å². The third kappa shape index (κ3) is 3.48. The average molecular weight is 261 g/mol. The molecule has 0 aliphatic carbocycles. The third-order valence-corrected chi connectivity index (χ3v) is 2.95. The standard InChI is InChI=1S/C19H19N/c1-3-5-12-17(13-6-4-2)20-19-15-9-11-16-10-7-8-14-18(16)19/h3-15,20H,1H2,2H3/b6-4-,12-5-,17-13+. The minimum absolute atomic E-state index is 1.03. The molecule has 0 radical (unpaired) electrons. The summed E-state index contributed by atoms with van der Waals surface area (Å²) in [4.78, 5) is 0. The molecule has 0 bridgehead atoms. The summed E-state index contributed by atoms with van der Waals surface area (Å²) in [6.45, 7) is 5.71. The van der Waals surface area contributed by atoms with Crippen molar-refractivity contribution in [2.24, 2.45) is 0 Å². The van der Waals surface area contributed by atoms with Gasteiger partial charge in [-0.05, 0) is 30.5 Å². The number of allylic oxidation sites excluding steroid dienone is 6. The topological polar surface area (TPSA) is 12.0 Å². The number of hydrogen-bond acceptors (Lipinski definition) is 1. The zero-order valence-electron chi connectivity index (χ0n) is 11.7. The highest BCUT2D eigenvalue weighted by Gasteiger charge is 2.00. The van der Waals surface area contributed by atoms with E-state index in [1.807, 2.05) is 37.3 Å². The van der Waals surface area contributed by atoms with Crippen LogP contribution in [0.3, 0.4) is 0 Å². The van der Waals surface area contributed by atoms with Crippen LogP contribution in [0.5, 0.6) is 0 Å². The fraction of sp³-hybridized carbons (Fsp3) is 0.0526. The van der Waals surface area contributed by atoms with Crippen LogP contribution in [-0.2, 0) is 0 Å². The van der Waals surface area contributed by atoms with Gasteiger partial charge in [0.25, 0.3) is 0 Å². The maximum atomic E-state index is 3.71. The average Bonchev–Trinajstić information content (AvgIpc) is 2.50. The molecular formula is C19H19N. The number of nitrogens with one attached hydrogen (secondary N) is 1. The largest absolute Gasteiger partial charge is 0.355 e. The molecule has 2 aromatic rings. The lowest BCUT2D eigenvalue weighted by molar-refractivity contribution is 1.49. The van der Waals surface area contributed by atoms with Gasteiger partial charge in [0.2, 0.25) is 0 Å². The Bertz CT molecular complexity index is 670. The van der Waals surface area contributed by atoms with Crippen LogP contribution < -0.4 is 5.32 Å². The van der Waals surface area contributed by atoms with E-state index in [9.17, 15) is 0 Å². The van der Waals surface area contributed by atoms with Gasteiger partial charge in [-0.15, -0.1) is 0 Å². The monoisotopic (exact) mass is 261 g/mol. The molecule has 0 saturated carbocycles. The SMILES string of the molecule is C=C\C=C/C(=C\C=C/C)Nc1cccc2ccccc12. The molecule has 0 heterocycles. The molecule has 0 aliphatic rings. The van der Waals surface area contributed by atoms with Crippen molar-refractivity contribution in [3.8, 4) is 0 Å². The Balaban J connectivity index is 2.38. The normalized spacial score (nSPS) is 12.3. The van der Waals surface area contributed by atoms with Crippen LogP contribution in [0, 0.1) is 0 Å². The first-order valence-electron chi connectivity index (χ1n) is 6.72. The Morgan fingerprint density at radius 3 is 2.65 bits per heavy atom. The number of anilines is 1. The van der Waals surface area contributed by atoms with Gasteiger partial charge in [0.15, 0.2) is 0 Å². The maximum Gasteiger partial charge on any atom is 0.0463 e. The molecule has 0 amide bonds. The van der Waals surface area contributed by atoms with Crippen LogP contribution in [0.4, 0.5) is 5.69 Å².